The van der Waals surface area contributed by atoms with Crippen molar-refractivity contribution in [2.24, 2.45) is 17.8 Å². The minimum absolute atomic E-state index is 0.0156. The van der Waals surface area contributed by atoms with Gasteiger partial charge in [-0.25, -0.2) is 4.98 Å². The van der Waals surface area contributed by atoms with Crippen LogP contribution in [-0.4, -0.2) is 86.9 Å². The summed E-state index contributed by atoms with van der Waals surface area (Å²) in [6.45, 7) is 4.21. The van der Waals surface area contributed by atoms with Crippen LogP contribution in [0.1, 0.15) is 127 Å². The standard InChI is InChI=1S/C37H55N7O6/c1-3-11-27(32(45)36(49)40-26-16-17-26)41-35(48)31-23(4-2)18-21-44(31)37(50)30(25-14-9-6-10-15-25)43-34(47)29(24-12-7-5-8-13-24)42-33(46)28-22-38-19-20-39-28/h19-20,22-27,29-31H,3-18,21H2,1-2H3,(H,40,49)(H,41,48)(H,42,46)(H,43,47)/t23-,27?,29-,30-,31-/m0/s1. The molecule has 13 nitrogen and oxygen atoms in total. The van der Waals surface area contributed by atoms with Crippen molar-refractivity contribution in [1.82, 2.24) is 36.1 Å². The van der Waals surface area contributed by atoms with E-state index in [2.05, 4.69) is 31.2 Å². The highest BCUT2D eigenvalue weighted by Crippen LogP contribution is 2.33. The van der Waals surface area contributed by atoms with E-state index in [0.717, 1.165) is 77.0 Å². The number of hydrogen-bond donors (Lipinski definition) is 4. The molecule has 3 saturated carbocycles. The number of ketones is 1. The first-order chi connectivity index (χ1) is 24.2. The second-order valence-corrected chi connectivity index (χ2v) is 14.7. The van der Waals surface area contributed by atoms with Gasteiger partial charge in [0.05, 0.1) is 12.2 Å². The molecule has 1 unspecified atom stereocenters. The number of nitrogens with one attached hydrogen (secondary N) is 4. The molecule has 0 bridgehead atoms. The number of carbonyl (C=O) groups excluding carboxylic acids is 6. The fourth-order valence-corrected chi connectivity index (χ4v) is 8.11. The Morgan fingerprint density at radius 2 is 1.46 bits per heavy atom. The molecule has 2 heterocycles. The molecule has 0 aromatic carbocycles. The van der Waals surface area contributed by atoms with E-state index < -0.39 is 53.6 Å². The van der Waals surface area contributed by atoms with Crippen LogP contribution in [0.4, 0.5) is 0 Å². The van der Waals surface area contributed by atoms with Gasteiger partial charge >= 0.3 is 0 Å². The third-order valence-electron chi connectivity index (χ3n) is 11.1. The lowest BCUT2D eigenvalue weighted by Crippen LogP contribution is -2.61. The van der Waals surface area contributed by atoms with Crippen molar-refractivity contribution in [2.45, 2.75) is 147 Å². The first-order valence-corrected chi connectivity index (χ1v) is 19.0. The molecule has 3 aliphatic carbocycles. The van der Waals surface area contributed by atoms with Gasteiger partial charge in [-0.1, -0.05) is 65.2 Å². The molecule has 5 atom stereocenters. The van der Waals surface area contributed by atoms with Gasteiger partial charge in [-0.2, -0.15) is 0 Å². The summed E-state index contributed by atoms with van der Waals surface area (Å²) in [6.07, 6.45) is 17.1. The topological polar surface area (TPSA) is 180 Å². The first kappa shape index (κ1) is 37.4. The van der Waals surface area contributed by atoms with Crippen molar-refractivity contribution >= 4 is 35.3 Å². The summed E-state index contributed by atoms with van der Waals surface area (Å²) in [5, 5.41) is 11.6. The third kappa shape index (κ3) is 9.45. The van der Waals surface area contributed by atoms with E-state index in [0.29, 0.717) is 32.2 Å². The highest BCUT2D eigenvalue weighted by molar-refractivity contribution is 6.38. The maximum absolute atomic E-state index is 14.7. The van der Waals surface area contributed by atoms with Crippen LogP contribution in [0.2, 0.25) is 0 Å². The van der Waals surface area contributed by atoms with Gasteiger partial charge in [0.15, 0.2) is 0 Å². The fraction of sp³-hybridized carbons (Fsp3) is 0.730. The Kier molecular flexibility index (Phi) is 13.3. The van der Waals surface area contributed by atoms with E-state index >= 15 is 0 Å². The molecule has 50 heavy (non-hydrogen) atoms. The van der Waals surface area contributed by atoms with Crippen molar-refractivity contribution in [2.75, 3.05) is 6.54 Å². The quantitative estimate of drug-likeness (QED) is 0.203. The summed E-state index contributed by atoms with van der Waals surface area (Å²) in [6, 6.07) is -3.52. The maximum Gasteiger partial charge on any atom is 0.289 e. The van der Waals surface area contributed by atoms with Gasteiger partial charge in [-0.3, -0.25) is 33.8 Å². The Morgan fingerprint density at radius 3 is 2.04 bits per heavy atom. The summed E-state index contributed by atoms with van der Waals surface area (Å²) in [5.41, 5.74) is 0.113. The van der Waals surface area contributed by atoms with Gasteiger partial charge in [-0.15, -0.1) is 0 Å². The Bertz CT molecular complexity index is 1360. The number of amides is 5. The summed E-state index contributed by atoms with van der Waals surface area (Å²) >= 11 is 0. The van der Waals surface area contributed by atoms with Gasteiger partial charge in [0.2, 0.25) is 23.5 Å². The van der Waals surface area contributed by atoms with E-state index in [1.807, 2.05) is 13.8 Å². The third-order valence-corrected chi connectivity index (χ3v) is 11.1. The molecule has 5 amide bonds. The monoisotopic (exact) mass is 693 g/mol. The number of nitrogens with zero attached hydrogens (tertiary/aromatic N) is 3. The van der Waals surface area contributed by atoms with E-state index in [9.17, 15) is 28.8 Å². The number of Topliss-reactive ketones (excluding diaryl/α,β-unsaturated/α-hetero) is 1. The summed E-state index contributed by atoms with van der Waals surface area (Å²) in [5.74, 6) is -3.35. The van der Waals surface area contributed by atoms with E-state index in [4.69, 9.17) is 0 Å². The SMILES string of the molecule is CCCC(NC(=O)[C@@H]1[C@@H](CC)CCN1C(=O)[C@@H](NC(=O)[C@@H](NC(=O)c1cnccn1)C1CCCCC1)C1CCCCC1)C(=O)C(=O)NC1CC1. The number of rotatable bonds is 15. The molecule has 5 rings (SSSR count). The van der Waals surface area contributed by atoms with Gasteiger partial charge in [-0.05, 0) is 69.1 Å². The van der Waals surface area contributed by atoms with Crippen LogP contribution >= 0.6 is 0 Å². The van der Waals surface area contributed by atoms with Crippen LogP contribution in [0, 0.1) is 17.8 Å². The largest absolute Gasteiger partial charge is 0.347 e. The summed E-state index contributed by atoms with van der Waals surface area (Å²) < 4.78 is 0. The molecule has 0 radical (unpaired) electrons. The summed E-state index contributed by atoms with van der Waals surface area (Å²) in [4.78, 5) is 91.7. The lowest BCUT2D eigenvalue weighted by atomic mass is 9.81. The maximum atomic E-state index is 14.7. The molecule has 4 aliphatic rings. The smallest absolute Gasteiger partial charge is 0.289 e. The van der Waals surface area contributed by atoms with Crippen molar-refractivity contribution in [3.63, 3.8) is 0 Å². The van der Waals surface area contributed by atoms with Crippen molar-refractivity contribution in [3.05, 3.63) is 24.3 Å². The zero-order valence-corrected chi connectivity index (χ0v) is 29.7. The summed E-state index contributed by atoms with van der Waals surface area (Å²) in [7, 11) is 0. The minimum Gasteiger partial charge on any atom is -0.347 e. The predicted molar refractivity (Wildman–Crippen MR) is 185 cm³/mol. The van der Waals surface area contributed by atoms with E-state index in [1.54, 1.807) is 4.90 Å². The molecular formula is C37H55N7O6. The molecule has 4 fully saturated rings. The van der Waals surface area contributed by atoms with Gasteiger partial charge in [0, 0.05) is 25.0 Å². The Labute approximate surface area is 295 Å². The number of aromatic nitrogens is 2. The zero-order valence-electron chi connectivity index (χ0n) is 29.7. The number of carbonyl (C=O) groups is 6. The van der Waals surface area contributed by atoms with E-state index in [1.165, 1.54) is 18.6 Å². The van der Waals surface area contributed by atoms with Gasteiger partial charge < -0.3 is 26.2 Å². The van der Waals surface area contributed by atoms with Crippen LogP contribution in [0.3, 0.4) is 0 Å². The Morgan fingerprint density at radius 1 is 0.800 bits per heavy atom. The van der Waals surface area contributed by atoms with Crippen LogP contribution in [0.5, 0.6) is 0 Å². The van der Waals surface area contributed by atoms with Crippen LogP contribution in [0.15, 0.2) is 18.6 Å². The van der Waals surface area contributed by atoms with Gasteiger partial charge in [0.1, 0.15) is 23.8 Å². The van der Waals surface area contributed by atoms with Gasteiger partial charge in [0.25, 0.3) is 11.8 Å². The molecule has 1 aromatic rings. The molecule has 274 valence electrons. The van der Waals surface area contributed by atoms with Crippen molar-refractivity contribution < 1.29 is 28.8 Å². The van der Waals surface area contributed by atoms with Crippen LogP contribution < -0.4 is 21.3 Å². The number of hydrogen-bond acceptors (Lipinski definition) is 8. The molecule has 1 aromatic heterocycles. The lowest BCUT2D eigenvalue weighted by Gasteiger charge is -2.37. The molecule has 4 N–H and O–H groups in total. The normalized spacial score (nSPS) is 23.3. The molecule has 1 saturated heterocycles. The lowest BCUT2D eigenvalue weighted by molar-refractivity contribution is -0.145. The fourth-order valence-electron chi connectivity index (χ4n) is 8.11. The second kappa shape index (κ2) is 17.8. The molecule has 0 spiro atoms. The second-order valence-electron chi connectivity index (χ2n) is 14.7. The Balaban J connectivity index is 1.36. The van der Waals surface area contributed by atoms with Crippen molar-refractivity contribution in [1.29, 1.82) is 0 Å². The number of likely N-dealkylation sites (tertiary alicyclic amines) is 1. The first-order valence-electron chi connectivity index (χ1n) is 19.0. The average Bonchev–Trinajstić information content (AvgIpc) is 3.86. The van der Waals surface area contributed by atoms with Crippen LogP contribution in [-0.2, 0) is 24.0 Å². The average molecular weight is 694 g/mol. The zero-order chi connectivity index (χ0) is 35.6. The molecular weight excluding hydrogens is 638 g/mol. The van der Waals surface area contributed by atoms with Crippen molar-refractivity contribution in [3.8, 4) is 0 Å². The predicted octanol–water partition coefficient (Wildman–Crippen LogP) is 2.98. The minimum atomic E-state index is -0.982. The highest BCUT2D eigenvalue weighted by Gasteiger charge is 2.46. The molecule has 13 heteroatoms. The Hall–Kier alpha value is -3.90. The van der Waals surface area contributed by atoms with E-state index in [-0.39, 0.29) is 35.4 Å². The molecule has 1 aliphatic heterocycles. The highest BCUT2D eigenvalue weighted by atomic mass is 16.2. The van der Waals surface area contributed by atoms with Crippen LogP contribution in [0.25, 0.3) is 0 Å².